The number of carboxylic acids is 1. The van der Waals surface area contributed by atoms with E-state index in [0.717, 1.165) is 0 Å². The molecule has 1 unspecified atom stereocenters. The fourth-order valence-electron chi connectivity index (χ4n) is 5.89. The minimum Gasteiger partial charge on any atom is -0.477 e. The lowest BCUT2D eigenvalue weighted by Crippen LogP contribution is -2.61. The summed E-state index contributed by atoms with van der Waals surface area (Å²) >= 11 is 1.32. The molecule has 0 aliphatic carbocycles. The summed E-state index contributed by atoms with van der Waals surface area (Å²) in [5, 5.41) is 30.5. The normalized spacial score (nSPS) is 28.7. The molecule has 3 fully saturated rings. The number of benzene rings is 1. The number of aliphatic hydroxyl groups is 1. The minimum absolute atomic E-state index is 0.0333. The maximum atomic E-state index is 13.2. The first-order valence-electron chi connectivity index (χ1n) is 12.5. The molecule has 0 aromatic heterocycles. The van der Waals surface area contributed by atoms with Crippen molar-refractivity contribution in [1.82, 2.24) is 14.7 Å². The number of carboxylic acid groups (broad SMARTS) is 1. The third kappa shape index (κ3) is 4.71. The fourth-order valence-corrected chi connectivity index (χ4v) is 7.39. The number of β-lactam (4-membered cyclic amide) rings is 2. The van der Waals surface area contributed by atoms with E-state index in [-0.39, 0.29) is 54.2 Å². The van der Waals surface area contributed by atoms with Gasteiger partial charge < -0.3 is 29.6 Å². The SMILES string of the molecule is C[C@@H](O)[C@H]1C(=O)N2C(C(=O)O)=C(S[C@H]3C[C@@H](C4CC(=O)N4C)N(C(=O)OCc4ccc([N+](=O)[O-])cc4)C3)C[C@H]12. The first kappa shape index (κ1) is 26.9. The van der Waals surface area contributed by atoms with Crippen LogP contribution in [0.1, 0.15) is 31.7 Å². The van der Waals surface area contributed by atoms with E-state index in [1.165, 1.54) is 47.9 Å². The lowest BCUT2D eigenvalue weighted by molar-refractivity contribution is -0.384. The lowest BCUT2D eigenvalue weighted by atomic mass is 9.83. The predicted octanol–water partition coefficient (Wildman–Crippen LogP) is 1.55. The number of nitrogens with zero attached hydrogens (tertiary/aromatic N) is 4. The number of aliphatic carboxylic acids is 1. The van der Waals surface area contributed by atoms with Crippen molar-refractivity contribution in [2.45, 2.75) is 62.3 Å². The average Bonchev–Trinajstić information content (AvgIpc) is 3.44. The Labute approximate surface area is 227 Å². The quantitative estimate of drug-likeness (QED) is 0.270. The van der Waals surface area contributed by atoms with Crippen LogP contribution in [-0.2, 0) is 25.7 Å². The summed E-state index contributed by atoms with van der Waals surface area (Å²) in [6.45, 7) is 1.68. The van der Waals surface area contributed by atoms with Gasteiger partial charge in [0.1, 0.15) is 12.3 Å². The van der Waals surface area contributed by atoms with Gasteiger partial charge in [0.25, 0.3) is 5.69 Å². The molecular weight excluding hydrogens is 532 g/mol. The van der Waals surface area contributed by atoms with Crippen LogP contribution < -0.4 is 0 Å². The zero-order valence-electron chi connectivity index (χ0n) is 21.3. The molecular formula is C25H28N4O9S. The first-order valence-corrected chi connectivity index (χ1v) is 13.4. The minimum atomic E-state index is -1.21. The van der Waals surface area contributed by atoms with Gasteiger partial charge in [-0.25, -0.2) is 9.59 Å². The van der Waals surface area contributed by atoms with Crippen LogP contribution in [-0.4, -0.2) is 96.8 Å². The Balaban J connectivity index is 1.30. The van der Waals surface area contributed by atoms with Crippen LogP contribution in [0, 0.1) is 16.0 Å². The third-order valence-electron chi connectivity index (χ3n) is 7.97. The number of fused-ring (bicyclic) bond motifs is 1. The Hall–Kier alpha value is -3.65. The summed E-state index contributed by atoms with van der Waals surface area (Å²) in [6.07, 6.45) is -0.382. The number of thioether (sulfide) groups is 1. The maximum absolute atomic E-state index is 13.2. The zero-order valence-corrected chi connectivity index (χ0v) is 22.1. The highest BCUT2D eigenvalue weighted by Crippen LogP contribution is 2.49. The van der Waals surface area contributed by atoms with Crippen molar-refractivity contribution in [1.29, 1.82) is 0 Å². The summed E-state index contributed by atoms with van der Waals surface area (Å²) < 4.78 is 5.52. The van der Waals surface area contributed by atoms with E-state index in [1.54, 1.807) is 16.8 Å². The number of ether oxygens (including phenoxy) is 1. The van der Waals surface area contributed by atoms with Gasteiger partial charge in [-0.15, -0.1) is 11.8 Å². The average molecular weight is 561 g/mol. The van der Waals surface area contributed by atoms with Gasteiger partial charge in [-0.2, -0.15) is 0 Å². The highest BCUT2D eigenvalue weighted by molar-refractivity contribution is 8.03. The van der Waals surface area contributed by atoms with Crippen molar-refractivity contribution in [3.05, 3.63) is 50.5 Å². The molecule has 4 aliphatic rings. The predicted molar refractivity (Wildman–Crippen MR) is 136 cm³/mol. The molecule has 208 valence electrons. The Kier molecular flexibility index (Phi) is 7.01. The van der Waals surface area contributed by atoms with Crippen molar-refractivity contribution in [3.8, 4) is 0 Å². The van der Waals surface area contributed by atoms with Crippen LogP contribution in [0.3, 0.4) is 0 Å². The zero-order chi connectivity index (χ0) is 28.2. The number of likely N-dealkylation sites (tertiary alicyclic amines) is 2. The Morgan fingerprint density at radius 1 is 1.18 bits per heavy atom. The van der Waals surface area contributed by atoms with E-state index < -0.39 is 41.0 Å². The van der Waals surface area contributed by atoms with E-state index in [4.69, 9.17) is 4.74 Å². The molecule has 0 radical (unpaired) electrons. The van der Waals surface area contributed by atoms with Gasteiger partial charge in [-0.3, -0.25) is 19.7 Å². The molecule has 13 nitrogen and oxygen atoms in total. The second-order valence-corrected chi connectivity index (χ2v) is 11.7. The molecule has 0 bridgehead atoms. The van der Waals surface area contributed by atoms with Gasteiger partial charge in [0.2, 0.25) is 11.8 Å². The Morgan fingerprint density at radius 3 is 2.44 bits per heavy atom. The van der Waals surface area contributed by atoms with Gasteiger partial charge in [0.05, 0.1) is 35.1 Å². The van der Waals surface area contributed by atoms with Crippen LogP contribution in [0.15, 0.2) is 34.9 Å². The smallest absolute Gasteiger partial charge is 0.410 e. The highest BCUT2D eigenvalue weighted by atomic mass is 32.2. The van der Waals surface area contributed by atoms with Crippen LogP contribution in [0.2, 0.25) is 0 Å². The summed E-state index contributed by atoms with van der Waals surface area (Å²) in [4.78, 5) is 65.0. The second-order valence-electron chi connectivity index (χ2n) is 10.3. The molecule has 0 spiro atoms. The molecule has 1 aromatic rings. The van der Waals surface area contributed by atoms with Crippen LogP contribution in [0.4, 0.5) is 10.5 Å². The van der Waals surface area contributed by atoms with Gasteiger partial charge in [-0.1, -0.05) is 0 Å². The summed E-state index contributed by atoms with van der Waals surface area (Å²) in [7, 11) is 1.67. The number of nitro groups is 1. The molecule has 0 saturated carbocycles. The summed E-state index contributed by atoms with van der Waals surface area (Å²) in [5.41, 5.74) is 0.435. The highest BCUT2D eigenvalue weighted by Gasteiger charge is 2.57. The molecule has 2 N–H and O–H groups in total. The lowest BCUT2D eigenvalue weighted by Gasteiger charge is -2.44. The van der Waals surface area contributed by atoms with Crippen molar-refractivity contribution in [3.63, 3.8) is 0 Å². The van der Waals surface area contributed by atoms with Crippen molar-refractivity contribution < 1.29 is 39.1 Å². The first-order chi connectivity index (χ1) is 18.5. The number of carbonyl (C=O) groups excluding carboxylic acids is 3. The number of nitro benzene ring substituents is 1. The van der Waals surface area contributed by atoms with E-state index >= 15 is 0 Å². The number of rotatable bonds is 8. The Bertz CT molecular complexity index is 1270. The van der Waals surface area contributed by atoms with E-state index in [2.05, 4.69) is 0 Å². The van der Waals surface area contributed by atoms with Gasteiger partial charge in [-0.05, 0) is 31.0 Å². The number of hydrogen-bond donors (Lipinski definition) is 2. The Morgan fingerprint density at radius 2 is 1.87 bits per heavy atom. The molecule has 4 aliphatic heterocycles. The largest absolute Gasteiger partial charge is 0.477 e. The summed E-state index contributed by atoms with van der Waals surface area (Å²) in [5.74, 6) is -2.29. The van der Waals surface area contributed by atoms with Crippen LogP contribution in [0.25, 0.3) is 0 Å². The molecule has 14 heteroatoms. The number of likely N-dealkylation sites (N-methyl/N-ethyl adjacent to an activating group) is 1. The number of amides is 3. The number of non-ortho nitro benzene ring substituents is 1. The van der Waals surface area contributed by atoms with Crippen molar-refractivity contribution >= 4 is 41.3 Å². The molecule has 6 atom stereocenters. The molecule has 3 amide bonds. The standard InChI is InChI=1S/C25H28N4O9S/c1-12(30)21-18-8-19(22(24(33)34)28(18)23(21)32)39-15-7-17(16-9-20(31)26(16)2)27(10-15)25(35)38-11-13-3-5-14(6-4-13)29(36)37/h3-6,12,15-18,21,30H,7-11H2,1-2H3,(H,33,34)/t12-,15+,16?,17+,18-,21-/m1/s1. The number of hydrogen-bond acceptors (Lipinski definition) is 9. The van der Waals surface area contributed by atoms with E-state index in [0.29, 0.717) is 23.3 Å². The van der Waals surface area contributed by atoms with Crippen molar-refractivity contribution in [2.24, 2.45) is 5.92 Å². The number of aliphatic hydroxyl groups excluding tert-OH is 1. The van der Waals surface area contributed by atoms with E-state index in [9.17, 15) is 39.5 Å². The number of carbonyl (C=O) groups is 4. The third-order valence-corrected chi connectivity index (χ3v) is 9.29. The topological polar surface area (TPSA) is 171 Å². The van der Waals surface area contributed by atoms with Gasteiger partial charge in [0, 0.05) is 48.7 Å². The summed E-state index contributed by atoms with van der Waals surface area (Å²) in [6, 6.07) is 4.73. The monoisotopic (exact) mass is 560 g/mol. The molecule has 39 heavy (non-hydrogen) atoms. The molecule has 4 heterocycles. The van der Waals surface area contributed by atoms with Gasteiger partial charge >= 0.3 is 12.1 Å². The molecule has 1 aromatic carbocycles. The molecule has 3 saturated heterocycles. The van der Waals surface area contributed by atoms with Crippen LogP contribution >= 0.6 is 11.8 Å². The van der Waals surface area contributed by atoms with Crippen molar-refractivity contribution in [2.75, 3.05) is 13.6 Å². The molecule has 5 rings (SSSR count). The maximum Gasteiger partial charge on any atom is 0.410 e. The van der Waals surface area contributed by atoms with Gasteiger partial charge in [0.15, 0.2) is 0 Å². The van der Waals surface area contributed by atoms with E-state index in [1.807, 2.05) is 0 Å². The van der Waals surface area contributed by atoms with Crippen LogP contribution in [0.5, 0.6) is 0 Å². The second kappa shape index (κ2) is 10.2. The fraction of sp³-hybridized carbons (Fsp3) is 0.520.